The number of carbonyl (C=O) groups excluding carboxylic acids is 1. The summed E-state index contributed by atoms with van der Waals surface area (Å²) in [6.07, 6.45) is -1.78. The van der Waals surface area contributed by atoms with Gasteiger partial charge in [-0.15, -0.1) is 0 Å². The number of hydrogen-bond donors (Lipinski definition) is 1. The molecule has 0 bridgehead atoms. The van der Waals surface area contributed by atoms with Crippen LogP contribution in [0, 0.1) is 0 Å². The van der Waals surface area contributed by atoms with E-state index >= 15 is 0 Å². The molecule has 0 radical (unpaired) electrons. The summed E-state index contributed by atoms with van der Waals surface area (Å²) in [6, 6.07) is 18.6. The first-order valence-electron chi connectivity index (χ1n) is 10.0. The summed E-state index contributed by atoms with van der Waals surface area (Å²) in [5, 5.41) is 6.21. The third kappa shape index (κ3) is 5.18. The molecule has 1 N–H and O–H groups in total. The Morgan fingerprint density at radius 1 is 0.941 bits per heavy atom. The second-order valence-electron chi connectivity index (χ2n) is 7.40. The van der Waals surface area contributed by atoms with E-state index in [2.05, 4.69) is 10.4 Å². The maximum atomic E-state index is 13.7. The van der Waals surface area contributed by atoms with Gasteiger partial charge in [0, 0.05) is 18.0 Å². The van der Waals surface area contributed by atoms with Gasteiger partial charge in [-0.1, -0.05) is 30.3 Å². The molecule has 0 saturated carbocycles. The van der Waals surface area contributed by atoms with E-state index in [1.165, 1.54) is 59.5 Å². The number of anilines is 1. The lowest BCUT2D eigenvalue weighted by Gasteiger charge is -2.16. The second kappa shape index (κ2) is 9.14. The molecule has 6 nitrogen and oxygen atoms in total. The van der Waals surface area contributed by atoms with Crippen LogP contribution in [0.1, 0.15) is 21.5 Å². The number of sulfone groups is 1. The van der Waals surface area contributed by atoms with Crippen molar-refractivity contribution in [2.45, 2.75) is 16.8 Å². The zero-order valence-corrected chi connectivity index (χ0v) is 18.3. The first-order valence-corrected chi connectivity index (χ1v) is 11.7. The fourth-order valence-corrected chi connectivity index (χ4v) is 4.72. The molecule has 1 heterocycles. The number of rotatable bonds is 6. The van der Waals surface area contributed by atoms with Crippen LogP contribution in [-0.4, -0.2) is 24.1 Å². The highest BCUT2D eigenvalue weighted by molar-refractivity contribution is 7.90. The van der Waals surface area contributed by atoms with Gasteiger partial charge in [-0.3, -0.25) is 4.79 Å². The third-order valence-electron chi connectivity index (χ3n) is 4.97. The highest BCUT2D eigenvalue weighted by Gasteiger charge is 2.34. The van der Waals surface area contributed by atoms with Gasteiger partial charge in [0.25, 0.3) is 5.91 Å². The van der Waals surface area contributed by atoms with E-state index in [1.807, 2.05) is 0 Å². The molecular weight excluding hydrogens is 467 g/mol. The van der Waals surface area contributed by atoms with Crippen LogP contribution >= 0.6 is 0 Å². The number of nitrogens with one attached hydrogen (secondary N) is 1. The van der Waals surface area contributed by atoms with E-state index < -0.39 is 33.2 Å². The van der Waals surface area contributed by atoms with Gasteiger partial charge < -0.3 is 5.32 Å². The van der Waals surface area contributed by atoms with Crippen molar-refractivity contribution in [3.63, 3.8) is 0 Å². The van der Waals surface area contributed by atoms with Gasteiger partial charge in [0.05, 0.1) is 27.6 Å². The van der Waals surface area contributed by atoms with Crippen molar-refractivity contribution < 1.29 is 26.4 Å². The van der Waals surface area contributed by atoms with Gasteiger partial charge in [-0.2, -0.15) is 18.3 Å². The molecule has 0 saturated heterocycles. The third-order valence-corrected chi connectivity index (χ3v) is 6.68. The fraction of sp³-hybridized carbons (Fsp3) is 0.0833. The second-order valence-corrected chi connectivity index (χ2v) is 9.39. The Labute approximate surface area is 193 Å². The number of aromatic nitrogens is 2. The maximum Gasteiger partial charge on any atom is 0.418 e. The molecule has 0 spiro atoms. The Kier molecular flexibility index (Phi) is 6.25. The minimum atomic E-state index is -4.72. The van der Waals surface area contributed by atoms with E-state index in [9.17, 15) is 26.4 Å². The molecule has 174 valence electrons. The minimum absolute atomic E-state index is 0.0324. The minimum Gasteiger partial charge on any atom is -0.321 e. The van der Waals surface area contributed by atoms with Crippen molar-refractivity contribution in [1.82, 2.24) is 9.78 Å². The van der Waals surface area contributed by atoms with Gasteiger partial charge in [0.1, 0.15) is 0 Å². The van der Waals surface area contributed by atoms with Gasteiger partial charge in [-0.25, -0.2) is 13.1 Å². The lowest BCUT2D eigenvalue weighted by atomic mass is 10.1. The van der Waals surface area contributed by atoms with E-state index in [-0.39, 0.29) is 21.9 Å². The SMILES string of the molecule is O=C(Nc1ccc(-n2cccn2)cc1C(F)(F)F)c1cccc(CS(=O)(=O)c2ccccc2)c1. The smallest absolute Gasteiger partial charge is 0.321 e. The molecule has 0 aliphatic heterocycles. The van der Waals surface area contributed by atoms with E-state index in [0.717, 1.165) is 12.1 Å². The fourth-order valence-electron chi connectivity index (χ4n) is 3.37. The van der Waals surface area contributed by atoms with Crippen molar-refractivity contribution in [3.05, 3.63) is 108 Å². The van der Waals surface area contributed by atoms with Gasteiger partial charge in [0.2, 0.25) is 0 Å². The maximum absolute atomic E-state index is 13.7. The largest absolute Gasteiger partial charge is 0.418 e. The van der Waals surface area contributed by atoms with Crippen LogP contribution in [0.3, 0.4) is 0 Å². The van der Waals surface area contributed by atoms with Crippen molar-refractivity contribution in [3.8, 4) is 5.69 Å². The average molecular weight is 485 g/mol. The summed E-state index contributed by atoms with van der Waals surface area (Å²) in [4.78, 5) is 12.9. The van der Waals surface area contributed by atoms with Crippen molar-refractivity contribution in [1.29, 1.82) is 0 Å². The number of nitrogens with zero attached hydrogens (tertiary/aromatic N) is 2. The Morgan fingerprint density at radius 3 is 2.38 bits per heavy atom. The van der Waals surface area contributed by atoms with E-state index in [4.69, 9.17) is 0 Å². The summed E-state index contributed by atoms with van der Waals surface area (Å²) in [7, 11) is -3.66. The molecule has 34 heavy (non-hydrogen) atoms. The lowest BCUT2D eigenvalue weighted by Crippen LogP contribution is -2.17. The normalized spacial score (nSPS) is 11.9. The molecule has 4 rings (SSSR count). The van der Waals surface area contributed by atoms with Crippen LogP contribution in [0.4, 0.5) is 18.9 Å². The highest BCUT2D eigenvalue weighted by Crippen LogP contribution is 2.36. The van der Waals surface area contributed by atoms with Crippen molar-refractivity contribution in [2.75, 3.05) is 5.32 Å². The summed E-state index contributed by atoms with van der Waals surface area (Å²) in [5.41, 5.74) is -0.901. The molecule has 3 aromatic carbocycles. The summed E-state index contributed by atoms with van der Waals surface area (Å²) in [6.45, 7) is 0. The standard InChI is InChI=1S/C24H18F3N3O3S/c25-24(26,27)21-15-19(30-13-5-12-28-30)10-11-22(21)29-23(31)18-7-4-6-17(14-18)16-34(32,33)20-8-2-1-3-9-20/h1-15H,16H2,(H,29,31). The first-order chi connectivity index (χ1) is 16.1. The van der Waals surface area contributed by atoms with Gasteiger partial charge >= 0.3 is 6.18 Å². The number of halogens is 3. The molecule has 0 atom stereocenters. The highest BCUT2D eigenvalue weighted by atomic mass is 32.2. The van der Waals surface area contributed by atoms with E-state index in [1.54, 1.807) is 24.3 Å². The Hall–Kier alpha value is -3.92. The van der Waals surface area contributed by atoms with Crippen LogP contribution in [0.25, 0.3) is 5.69 Å². The predicted octanol–water partition coefficient (Wildman–Crippen LogP) is 5.12. The van der Waals surface area contributed by atoms with Crippen LogP contribution in [0.15, 0.2) is 96.2 Å². The van der Waals surface area contributed by atoms with Crippen molar-refractivity contribution >= 4 is 21.4 Å². The first kappa shape index (κ1) is 23.2. The Morgan fingerprint density at radius 2 is 1.71 bits per heavy atom. The molecule has 10 heteroatoms. The van der Waals surface area contributed by atoms with Gasteiger partial charge in [-0.05, 0) is 54.1 Å². The molecular formula is C24H18F3N3O3S. The molecule has 0 fully saturated rings. The van der Waals surface area contributed by atoms with Crippen LogP contribution in [-0.2, 0) is 21.8 Å². The summed E-state index contributed by atoms with van der Waals surface area (Å²) >= 11 is 0. The average Bonchev–Trinajstić information content (AvgIpc) is 3.34. The Balaban J connectivity index is 1.59. The quantitative estimate of drug-likeness (QED) is 0.411. The molecule has 1 amide bonds. The molecule has 0 unspecified atom stereocenters. The van der Waals surface area contributed by atoms with E-state index in [0.29, 0.717) is 5.56 Å². The van der Waals surface area contributed by atoms with Crippen molar-refractivity contribution in [2.24, 2.45) is 0 Å². The summed E-state index contributed by atoms with van der Waals surface area (Å²) in [5.74, 6) is -1.15. The number of carbonyl (C=O) groups is 1. The zero-order valence-electron chi connectivity index (χ0n) is 17.5. The zero-order chi connectivity index (χ0) is 24.3. The number of alkyl halides is 3. The number of hydrogen-bond acceptors (Lipinski definition) is 4. The predicted molar refractivity (Wildman–Crippen MR) is 120 cm³/mol. The van der Waals surface area contributed by atoms with Crippen LogP contribution in [0.5, 0.6) is 0 Å². The van der Waals surface area contributed by atoms with Crippen LogP contribution < -0.4 is 5.32 Å². The number of benzene rings is 3. The summed E-state index contributed by atoms with van der Waals surface area (Å²) < 4.78 is 67.6. The molecule has 4 aromatic rings. The van der Waals surface area contributed by atoms with Gasteiger partial charge in [0.15, 0.2) is 9.84 Å². The molecule has 1 aromatic heterocycles. The lowest BCUT2D eigenvalue weighted by molar-refractivity contribution is -0.136. The molecule has 0 aliphatic rings. The number of amides is 1. The van der Waals surface area contributed by atoms with Crippen LogP contribution in [0.2, 0.25) is 0 Å². The Bertz CT molecular complexity index is 1420. The topological polar surface area (TPSA) is 81.1 Å². The monoisotopic (exact) mass is 485 g/mol. The molecule has 0 aliphatic carbocycles.